The van der Waals surface area contributed by atoms with Gasteiger partial charge in [-0.25, -0.2) is 4.98 Å². The van der Waals surface area contributed by atoms with Gasteiger partial charge in [-0.2, -0.15) is 0 Å². The third-order valence-corrected chi connectivity index (χ3v) is 6.54. The molecular weight excluding hydrogens is 498 g/mol. The molecule has 0 radical (unpaired) electrons. The van der Waals surface area contributed by atoms with Crippen LogP contribution in [0.2, 0.25) is 0 Å². The molecule has 0 fully saturated rings. The number of hydrogen-bond acceptors (Lipinski definition) is 6. The van der Waals surface area contributed by atoms with Gasteiger partial charge in [-0.3, -0.25) is 23.7 Å². The summed E-state index contributed by atoms with van der Waals surface area (Å²) in [4.78, 5) is 58.5. The number of benzene rings is 2. The Morgan fingerprint density at radius 3 is 2.62 bits per heavy atom. The first-order valence-corrected chi connectivity index (χ1v) is 12.7. The van der Waals surface area contributed by atoms with E-state index in [1.54, 1.807) is 21.9 Å². The van der Waals surface area contributed by atoms with Crippen LogP contribution in [-0.2, 0) is 14.4 Å². The van der Waals surface area contributed by atoms with Crippen LogP contribution in [0.25, 0.3) is 27.7 Å². The minimum Gasteiger partial charge on any atom is -0.490 e. The number of nitrogens with zero attached hydrogens (tertiary/aromatic N) is 4. The normalized spacial score (nSPS) is 12.3. The fraction of sp³-hybridized carbons (Fsp3) is 0.276. The Balaban J connectivity index is 1.63. The number of amides is 3. The molecule has 0 unspecified atom stereocenters. The van der Waals surface area contributed by atoms with E-state index in [1.807, 2.05) is 38.1 Å². The first kappa shape index (κ1) is 27.3. The molecule has 0 atom stereocenters. The van der Waals surface area contributed by atoms with Gasteiger partial charge in [0.25, 0.3) is 17.4 Å². The van der Waals surface area contributed by atoms with Crippen LogP contribution in [0, 0.1) is 0 Å². The first-order valence-electron chi connectivity index (χ1n) is 12.7. The molecular formula is C29H31N5O5. The third-order valence-electron chi connectivity index (χ3n) is 6.54. The zero-order valence-electron chi connectivity index (χ0n) is 22.3. The highest BCUT2D eigenvalue weighted by molar-refractivity contribution is 6.15. The number of ether oxygens (including phenoxy) is 1. The van der Waals surface area contributed by atoms with Gasteiger partial charge in [0.2, 0.25) is 5.91 Å². The average Bonchev–Trinajstić information content (AvgIpc) is 2.94. The predicted molar refractivity (Wildman–Crippen MR) is 150 cm³/mol. The summed E-state index contributed by atoms with van der Waals surface area (Å²) in [5, 5.41) is 2.73. The Kier molecular flexibility index (Phi) is 7.94. The van der Waals surface area contributed by atoms with Crippen LogP contribution in [0.4, 0.5) is 5.69 Å². The van der Waals surface area contributed by atoms with E-state index < -0.39 is 17.4 Å². The number of para-hydroxylation sites is 1. The number of carbonyl (C=O) groups is 3. The number of aromatic nitrogens is 2. The number of hydrogen-bond donors (Lipinski definition) is 1. The largest absolute Gasteiger partial charge is 0.490 e. The van der Waals surface area contributed by atoms with Crippen LogP contribution < -0.4 is 20.5 Å². The molecule has 10 nitrogen and oxygen atoms in total. The van der Waals surface area contributed by atoms with Crippen LogP contribution in [0.1, 0.15) is 27.2 Å². The summed E-state index contributed by atoms with van der Waals surface area (Å²) in [6.07, 6.45) is 2.01. The zero-order valence-corrected chi connectivity index (χ0v) is 22.3. The van der Waals surface area contributed by atoms with Gasteiger partial charge in [-0.1, -0.05) is 38.3 Å². The van der Waals surface area contributed by atoms with Crippen molar-refractivity contribution in [3.8, 4) is 16.9 Å². The van der Waals surface area contributed by atoms with E-state index in [9.17, 15) is 19.2 Å². The quantitative estimate of drug-likeness (QED) is 0.449. The molecule has 4 rings (SSSR count). The summed E-state index contributed by atoms with van der Waals surface area (Å²) >= 11 is 0. The fourth-order valence-electron chi connectivity index (χ4n) is 4.53. The van der Waals surface area contributed by atoms with E-state index in [1.165, 1.54) is 13.3 Å². The molecule has 1 N–H and O–H groups in total. The molecule has 0 bridgehead atoms. The molecule has 1 aliphatic rings. The highest BCUT2D eigenvalue weighted by Crippen LogP contribution is 2.37. The number of likely N-dealkylation sites (N-methyl/N-ethyl adjacent to an activating group) is 1. The molecule has 0 aliphatic carbocycles. The highest BCUT2D eigenvalue weighted by Gasteiger charge is 2.23. The molecule has 0 spiro atoms. The van der Waals surface area contributed by atoms with Crippen molar-refractivity contribution in [2.24, 2.45) is 0 Å². The summed E-state index contributed by atoms with van der Waals surface area (Å²) in [7, 11) is 0. The maximum Gasteiger partial charge on any atom is 0.272 e. The van der Waals surface area contributed by atoms with Crippen LogP contribution in [0.5, 0.6) is 5.75 Å². The molecule has 3 amide bonds. The molecule has 1 aliphatic heterocycles. The number of fused-ring (bicyclic) bond motifs is 2. The van der Waals surface area contributed by atoms with E-state index in [0.717, 1.165) is 16.6 Å². The maximum atomic E-state index is 13.4. The lowest BCUT2D eigenvalue weighted by atomic mass is 10.0. The van der Waals surface area contributed by atoms with Crippen molar-refractivity contribution < 1.29 is 19.1 Å². The Morgan fingerprint density at radius 2 is 1.92 bits per heavy atom. The van der Waals surface area contributed by atoms with Crippen molar-refractivity contribution in [1.82, 2.24) is 19.8 Å². The van der Waals surface area contributed by atoms with Gasteiger partial charge in [0.1, 0.15) is 24.4 Å². The van der Waals surface area contributed by atoms with Gasteiger partial charge in [0.05, 0.1) is 28.8 Å². The molecule has 202 valence electrons. The summed E-state index contributed by atoms with van der Waals surface area (Å²) < 4.78 is 6.84. The second-order valence-electron chi connectivity index (χ2n) is 9.09. The molecule has 0 saturated heterocycles. The summed E-state index contributed by atoms with van der Waals surface area (Å²) in [6.45, 7) is 14.6. The maximum absolute atomic E-state index is 13.4. The highest BCUT2D eigenvalue weighted by atomic mass is 16.5. The Labute approximate surface area is 226 Å². The number of anilines is 1. The van der Waals surface area contributed by atoms with Crippen molar-refractivity contribution >= 4 is 40.0 Å². The number of rotatable bonds is 8. The molecule has 1 aromatic heterocycles. The lowest BCUT2D eigenvalue weighted by molar-refractivity contribution is -0.128. The van der Waals surface area contributed by atoms with Crippen LogP contribution in [0.3, 0.4) is 0 Å². The van der Waals surface area contributed by atoms with Crippen LogP contribution >= 0.6 is 0 Å². The van der Waals surface area contributed by atoms with Gasteiger partial charge in [-0.15, -0.1) is 0 Å². The minimum atomic E-state index is -0.734. The predicted octanol–water partition coefficient (Wildman–Crippen LogP) is 3.17. The van der Waals surface area contributed by atoms with Crippen molar-refractivity contribution in [1.29, 1.82) is 0 Å². The minimum absolute atomic E-state index is 0.0689. The number of carbonyl (C=O) groups excluding carboxylic acids is 3. The monoisotopic (exact) mass is 529 g/mol. The van der Waals surface area contributed by atoms with E-state index in [2.05, 4.69) is 23.5 Å². The SMILES string of the molecule is C=C(NC(=O)C(=C)n1cnc2c(-c3ccc4c(c3)OCCN4C(C)=O)cccc2c1=O)C(=O)N(CC)CCC. The van der Waals surface area contributed by atoms with Gasteiger partial charge < -0.3 is 19.9 Å². The fourth-order valence-corrected chi connectivity index (χ4v) is 4.53. The lowest BCUT2D eigenvalue weighted by Gasteiger charge is -2.29. The number of nitrogens with one attached hydrogen (secondary N) is 1. The van der Waals surface area contributed by atoms with Gasteiger partial charge in [-0.05, 0) is 37.1 Å². The van der Waals surface area contributed by atoms with E-state index >= 15 is 0 Å². The first-order chi connectivity index (χ1) is 18.7. The molecule has 3 aromatic rings. The second kappa shape index (κ2) is 11.3. The van der Waals surface area contributed by atoms with Gasteiger partial charge in [0, 0.05) is 25.6 Å². The van der Waals surface area contributed by atoms with Crippen LogP contribution in [-0.4, -0.2) is 58.4 Å². The van der Waals surface area contributed by atoms with Gasteiger partial charge >= 0.3 is 0 Å². The van der Waals surface area contributed by atoms with Crippen molar-refractivity contribution in [3.05, 3.63) is 71.9 Å². The molecule has 2 aromatic carbocycles. The smallest absolute Gasteiger partial charge is 0.272 e. The average molecular weight is 530 g/mol. The standard InChI is InChI=1S/C29H31N5O5/c1-6-13-32(7-2)28(37)18(3)31-27(36)19(4)34-17-30-26-22(9-8-10-23(26)29(34)38)21-11-12-24-25(16-21)39-15-14-33(24)20(5)35/h8-12,16-17H,3-4,6-7,13-15H2,1-2,5H3,(H,31,36). The van der Waals surface area contributed by atoms with Crippen molar-refractivity contribution in [2.45, 2.75) is 27.2 Å². The van der Waals surface area contributed by atoms with E-state index in [-0.39, 0.29) is 22.7 Å². The summed E-state index contributed by atoms with van der Waals surface area (Å²) in [5.41, 5.74) is 1.78. The van der Waals surface area contributed by atoms with Gasteiger partial charge in [0.15, 0.2) is 0 Å². The van der Waals surface area contributed by atoms with Crippen molar-refractivity contribution in [3.63, 3.8) is 0 Å². The van der Waals surface area contributed by atoms with Crippen LogP contribution in [0.15, 0.2) is 66.4 Å². The molecule has 10 heteroatoms. The van der Waals surface area contributed by atoms with Crippen molar-refractivity contribution in [2.75, 3.05) is 31.1 Å². The molecule has 39 heavy (non-hydrogen) atoms. The zero-order chi connectivity index (χ0) is 28.3. The summed E-state index contributed by atoms with van der Waals surface area (Å²) in [5.74, 6) is -0.628. The Hall–Kier alpha value is -4.73. The topological polar surface area (TPSA) is 114 Å². The lowest BCUT2D eigenvalue weighted by Crippen LogP contribution is -2.39. The third kappa shape index (κ3) is 5.31. The summed E-state index contributed by atoms with van der Waals surface area (Å²) in [6, 6.07) is 10.7. The molecule has 0 saturated carbocycles. The molecule has 2 heterocycles. The Bertz CT molecular complexity index is 1560. The van der Waals surface area contributed by atoms with E-state index in [0.29, 0.717) is 48.8 Å². The Morgan fingerprint density at radius 1 is 1.15 bits per heavy atom. The second-order valence-corrected chi connectivity index (χ2v) is 9.09. The van der Waals surface area contributed by atoms with E-state index in [4.69, 9.17) is 4.74 Å².